The lowest BCUT2D eigenvalue weighted by molar-refractivity contribution is -0.385. The molecule has 0 aliphatic carbocycles. The normalized spacial score (nSPS) is 23.7. The van der Waals surface area contributed by atoms with E-state index in [2.05, 4.69) is 21.3 Å². The number of cyclic esters (lactones) is 1. The minimum Gasteiger partial charge on any atom is -0.466 e. The number of fused-ring (bicyclic) bond motifs is 1. The standard InChI is InChI=1S/C60H92N8O11.C17H18N2O6/c1-17-38(9)46-57(75)65(14)47(36(5)6)52(70)61-42(32-35(3)4)55(73)67(16)50(60(11,12)78)59(77)79-49(39(10)18-2)58(76)66(15)48(37(7)8)53(71)62-43(33-40-26-21-19-22-27-40)54(72)64(13)45(34-41-28-23-20-24-29-41)56(74)68-31-25-30-44(68)51(69)63-46;1-9-13(16(20)24-3)15(14(10(2)18-9)17(21)25-4)11-7-5-6-8-12(11)19(22)23/h19-24,26-29,35-39,42-50,78H,17-18,25,30-34H2,1-16H3,(H,61,70)(H,62,71)(H,63,69);5-8,15,18H,1-4H3/t38-,39-,42+,43+,44+,45+,46+,47+,48+,49+,50-;/m1./s1. The number of esters is 3. The number of hydrogen-bond donors (Lipinski definition) is 5. The van der Waals surface area contributed by atoms with Crippen LogP contribution in [-0.4, -0.2) is 209 Å². The molecule has 5 N–H and O–H groups in total. The summed E-state index contributed by atoms with van der Waals surface area (Å²) in [5.74, 6) is -11.0. The molecule has 3 heterocycles. The Hall–Kier alpha value is -9.53. The van der Waals surface area contributed by atoms with Gasteiger partial charge in [-0.1, -0.05) is 155 Å². The topological polar surface area (TPSA) is 343 Å². The number of para-hydroxylation sites is 1. The number of rotatable bonds is 17. The fourth-order valence-electron chi connectivity index (χ4n) is 13.9. The number of carbonyl (C=O) groups is 11. The molecule has 0 aromatic heterocycles. The molecule has 3 aromatic rings. The minimum atomic E-state index is -1.97. The zero-order valence-electron chi connectivity index (χ0n) is 64.1. The van der Waals surface area contributed by atoms with Crippen LogP contribution in [0.25, 0.3) is 0 Å². The molecular weight excluding hydrogens is 1340 g/mol. The Morgan fingerprint density at radius 1 is 0.615 bits per heavy atom. The van der Waals surface area contributed by atoms with Gasteiger partial charge < -0.3 is 65.1 Å². The summed E-state index contributed by atoms with van der Waals surface area (Å²) in [5, 5.41) is 34.9. The van der Waals surface area contributed by atoms with Crippen molar-refractivity contribution in [2.75, 3.05) is 49.0 Å². The average Bonchev–Trinajstić information content (AvgIpc) is 0.806. The van der Waals surface area contributed by atoms with Crippen molar-refractivity contribution >= 4 is 70.9 Å². The summed E-state index contributed by atoms with van der Waals surface area (Å²) < 4.78 is 15.7. The molecule has 0 unspecified atom stereocenters. The van der Waals surface area contributed by atoms with E-state index in [0.717, 1.165) is 10.5 Å². The lowest BCUT2D eigenvalue weighted by atomic mass is 9.79. The summed E-state index contributed by atoms with van der Waals surface area (Å²) in [5.41, 5.74) is 0.640. The number of ether oxygens (including phenoxy) is 3. The van der Waals surface area contributed by atoms with Gasteiger partial charge in [0.15, 0.2) is 12.1 Å². The molecule has 3 aromatic carbocycles. The van der Waals surface area contributed by atoms with E-state index in [4.69, 9.17) is 14.2 Å². The molecular formula is C77H110N10O17. The summed E-state index contributed by atoms with van der Waals surface area (Å²) in [6.45, 7) is 23.9. The van der Waals surface area contributed by atoms with E-state index in [-0.39, 0.29) is 60.5 Å². The highest BCUT2D eigenvalue weighted by Gasteiger charge is 2.49. The number of aliphatic hydroxyl groups is 1. The molecule has 27 nitrogen and oxygen atoms in total. The van der Waals surface area contributed by atoms with Crippen molar-refractivity contribution in [2.45, 2.75) is 208 Å². The number of amides is 8. The summed E-state index contributed by atoms with van der Waals surface area (Å²) >= 11 is 0. The van der Waals surface area contributed by atoms with E-state index < -0.39 is 160 Å². The Bertz CT molecular complexity index is 3610. The maximum Gasteiger partial charge on any atom is 0.336 e. The molecule has 3 aliphatic rings. The first-order valence-corrected chi connectivity index (χ1v) is 35.7. The summed E-state index contributed by atoms with van der Waals surface area (Å²) in [6, 6.07) is 14.1. The molecule has 0 bridgehead atoms. The van der Waals surface area contributed by atoms with Gasteiger partial charge in [0.2, 0.25) is 41.4 Å². The van der Waals surface area contributed by atoms with Gasteiger partial charge in [-0.15, -0.1) is 0 Å². The fourth-order valence-corrected chi connectivity index (χ4v) is 13.9. The van der Waals surface area contributed by atoms with Crippen LogP contribution in [0.3, 0.4) is 0 Å². The van der Waals surface area contributed by atoms with Gasteiger partial charge in [0.05, 0.1) is 41.8 Å². The third-order valence-electron chi connectivity index (χ3n) is 19.8. The lowest BCUT2D eigenvalue weighted by Crippen LogP contribution is -2.63. The predicted octanol–water partition coefficient (Wildman–Crippen LogP) is 6.55. The second-order valence-corrected chi connectivity index (χ2v) is 29.1. The van der Waals surface area contributed by atoms with Crippen molar-refractivity contribution in [2.24, 2.45) is 29.6 Å². The highest BCUT2D eigenvalue weighted by atomic mass is 16.6. The van der Waals surface area contributed by atoms with Crippen LogP contribution in [0.1, 0.15) is 152 Å². The SMILES string of the molecule is CC[C@@H](C)[C@@H]1NC(=O)[C@@H]2CCCN2C(=O)[C@H](Cc2ccccc2)N(C)C(=O)[C@H](Cc2ccccc2)NC(=O)[C@H](C(C)C)N(C)C(=O)[C@H]([C@H](C)CC)OC(=O)[C@H](C(C)(C)O)N(C)C(=O)[C@H](CC(C)C)NC(=O)[C@H](C(C)C)N(C)C1=O.COC(=O)C1=C(C)NC(C)=C(C(=O)OC)C1c1ccccc1[N+](=O)[O-]. The van der Waals surface area contributed by atoms with Crippen molar-refractivity contribution in [3.8, 4) is 0 Å². The van der Waals surface area contributed by atoms with Gasteiger partial charge in [0.25, 0.3) is 11.6 Å². The number of nitrogens with one attached hydrogen (secondary N) is 4. The number of benzene rings is 3. The minimum absolute atomic E-state index is 0.00676. The van der Waals surface area contributed by atoms with Gasteiger partial charge in [0.1, 0.15) is 42.3 Å². The molecule has 6 rings (SSSR count). The Morgan fingerprint density at radius 3 is 1.56 bits per heavy atom. The monoisotopic (exact) mass is 1450 g/mol. The number of carbonyl (C=O) groups excluding carboxylic acids is 11. The third kappa shape index (κ3) is 20.7. The van der Waals surface area contributed by atoms with E-state index in [1.807, 2.05) is 57.2 Å². The van der Waals surface area contributed by atoms with Gasteiger partial charge in [-0.05, 0) is 88.2 Å². The zero-order valence-corrected chi connectivity index (χ0v) is 64.1. The first kappa shape index (κ1) is 85.1. The molecule has 8 amide bonds. The highest BCUT2D eigenvalue weighted by molar-refractivity contribution is 6.01. The second-order valence-electron chi connectivity index (χ2n) is 29.1. The summed E-state index contributed by atoms with van der Waals surface area (Å²) in [7, 11) is 8.09. The first-order valence-electron chi connectivity index (χ1n) is 35.7. The quantitative estimate of drug-likeness (QED) is 0.0414. The zero-order chi connectivity index (χ0) is 78.1. The smallest absolute Gasteiger partial charge is 0.336 e. The lowest BCUT2D eigenvalue weighted by Gasteiger charge is -2.39. The van der Waals surface area contributed by atoms with Crippen LogP contribution in [-0.2, 0) is 79.8 Å². The van der Waals surface area contributed by atoms with Gasteiger partial charge in [-0.3, -0.25) is 48.5 Å². The maximum atomic E-state index is 15.3. The first-order chi connectivity index (χ1) is 48.8. The number of methoxy groups -OCH3 is 2. The Labute approximate surface area is 611 Å². The molecule has 2 saturated heterocycles. The van der Waals surface area contributed by atoms with E-state index >= 15 is 9.59 Å². The van der Waals surface area contributed by atoms with Crippen molar-refractivity contribution < 1.29 is 77.0 Å². The van der Waals surface area contributed by atoms with Crippen LogP contribution >= 0.6 is 0 Å². The summed E-state index contributed by atoms with van der Waals surface area (Å²) in [4.78, 5) is 176. The number of allylic oxidation sites excluding steroid dienone is 2. The van der Waals surface area contributed by atoms with Crippen molar-refractivity contribution in [3.05, 3.63) is 134 Å². The fraction of sp³-hybridized carbons (Fsp3) is 0.571. The van der Waals surface area contributed by atoms with E-state index in [1.54, 1.807) is 92.6 Å². The largest absolute Gasteiger partial charge is 0.466 e. The van der Waals surface area contributed by atoms with E-state index in [9.17, 15) is 58.4 Å². The van der Waals surface area contributed by atoms with Crippen LogP contribution in [0.5, 0.6) is 0 Å². The van der Waals surface area contributed by atoms with Crippen molar-refractivity contribution in [3.63, 3.8) is 0 Å². The molecule has 0 radical (unpaired) electrons. The average molecular weight is 1450 g/mol. The highest BCUT2D eigenvalue weighted by Crippen LogP contribution is 2.43. The van der Waals surface area contributed by atoms with Crippen LogP contribution in [0.2, 0.25) is 0 Å². The molecule has 104 heavy (non-hydrogen) atoms. The van der Waals surface area contributed by atoms with Crippen LogP contribution in [0.4, 0.5) is 5.69 Å². The Morgan fingerprint density at radius 2 is 1.09 bits per heavy atom. The maximum absolute atomic E-state index is 15.3. The van der Waals surface area contributed by atoms with Gasteiger partial charge in [-0.25, -0.2) is 14.4 Å². The van der Waals surface area contributed by atoms with Gasteiger partial charge in [0, 0.05) is 76.5 Å². The number of hydrogen-bond acceptors (Lipinski definition) is 18. The molecule has 11 atom stereocenters. The van der Waals surface area contributed by atoms with Crippen molar-refractivity contribution in [1.29, 1.82) is 0 Å². The number of likely N-dealkylation sites (N-methyl/N-ethyl adjacent to an activating group) is 4. The van der Waals surface area contributed by atoms with E-state index in [0.29, 0.717) is 36.2 Å². The molecule has 2 fully saturated rings. The molecule has 3 aliphatic heterocycles. The number of nitro groups is 1. The molecule has 570 valence electrons. The number of nitrogens with zero attached hydrogens (tertiary/aromatic N) is 6. The molecule has 0 saturated carbocycles. The Balaban J connectivity index is 0.000000650. The molecule has 0 spiro atoms. The predicted molar refractivity (Wildman–Crippen MR) is 390 cm³/mol. The van der Waals surface area contributed by atoms with Crippen molar-refractivity contribution in [1.82, 2.24) is 45.8 Å². The third-order valence-corrected chi connectivity index (χ3v) is 19.8. The van der Waals surface area contributed by atoms with Gasteiger partial charge >= 0.3 is 17.9 Å². The van der Waals surface area contributed by atoms with Crippen LogP contribution in [0.15, 0.2) is 107 Å². The van der Waals surface area contributed by atoms with Crippen LogP contribution in [0, 0.1) is 39.7 Å². The van der Waals surface area contributed by atoms with Crippen LogP contribution < -0.4 is 21.3 Å². The second kappa shape index (κ2) is 37.8. The van der Waals surface area contributed by atoms with Gasteiger partial charge in [-0.2, -0.15) is 0 Å². The molecule has 27 heteroatoms. The number of nitro benzene ring substituents is 1. The van der Waals surface area contributed by atoms with E-state index in [1.165, 1.54) is 94.1 Å². The Kier molecular flexibility index (Phi) is 30.9. The number of dihydropyridines is 1. The summed E-state index contributed by atoms with van der Waals surface area (Å²) in [6.07, 6.45) is 0.101.